The SMILES string of the molecule is CC(N)C(c1ccccc1)n1cc(S(C)(=O)=O)cn1. The highest BCUT2D eigenvalue weighted by Crippen LogP contribution is 2.21. The molecule has 0 fully saturated rings. The molecule has 5 nitrogen and oxygen atoms in total. The second kappa shape index (κ2) is 5.14. The van der Waals surface area contributed by atoms with Crippen molar-refractivity contribution in [3.05, 3.63) is 48.3 Å². The van der Waals surface area contributed by atoms with E-state index < -0.39 is 9.84 Å². The molecule has 6 heteroatoms. The van der Waals surface area contributed by atoms with Gasteiger partial charge < -0.3 is 5.73 Å². The van der Waals surface area contributed by atoms with E-state index in [0.717, 1.165) is 11.8 Å². The van der Waals surface area contributed by atoms with Crippen molar-refractivity contribution >= 4 is 9.84 Å². The van der Waals surface area contributed by atoms with Crippen LogP contribution in [0.4, 0.5) is 0 Å². The Bertz CT molecular complexity index is 648. The Morgan fingerprint density at radius 2 is 1.89 bits per heavy atom. The van der Waals surface area contributed by atoms with Gasteiger partial charge in [0.15, 0.2) is 9.84 Å². The van der Waals surface area contributed by atoms with Crippen molar-refractivity contribution in [2.45, 2.75) is 23.9 Å². The van der Waals surface area contributed by atoms with Gasteiger partial charge in [-0.1, -0.05) is 30.3 Å². The molecule has 0 saturated carbocycles. The molecule has 1 heterocycles. The van der Waals surface area contributed by atoms with Gasteiger partial charge in [-0.25, -0.2) is 8.42 Å². The fourth-order valence-corrected chi connectivity index (χ4v) is 2.55. The first-order valence-corrected chi connectivity index (χ1v) is 7.83. The van der Waals surface area contributed by atoms with Crippen molar-refractivity contribution in [3.8, 4) is 0 Å². The summed E-state index contributed by atoms with van der Waals surface area (Å²) in [5, 5.41) is 4.14. The lowest BCUT2D eigenvalue weighted by Crippen LogP contribution is -2.30. The summed E-state index contributed by atoms with van der Waals surface area (Å²) in [6.07, 6.45) is 4.04. The molecule has 1 aromatic heterocycles. The Kier molecular flexibility index (Phi) is 3.73. The van der Waals surface area contributed by atoms with Crippen molar-refractivity contribution in [1.29, 1.82) is 0 Å². The van der Waals surface area contributed by atoms with Gasteiger partial charge in [0.25, 0.3) is 0 Å². The molecule has 102 valence electrons. The van der Waals surface area contributed by atoms with Crippen LogP contribution in [0.2, 0.25) is 0 Å². The van der Waals surface area contributed by atoms with Gasteiger partial charge in [0, 0.05) is 18.5 Å². The molecule has 0 saturated heterocycles. The van der Waals surface area contributed by atoms with E-state index in [1.54, 1.807) is 4.68 Å². The van der Waals surface area contributed by atoms with Gasteiger partial charge in [0.2, 0.25) is 0 Å². The van der Waals surface area contributed by atoms with Crippen LogP contribution in [0, 0.1) is 0 Å². The van der Waals surface area contributed by atoms with E-state index >= 15 is 0 Å². The molecule has 1 aromatic carbocycles. The van der Waals surface area contributed by atoms with E-state index in [-0.39, 0.29) is 17.0 Å². The van der Waals surface area contributed by atoms with Crippen molar-refractivity contribution in [1.82, 2.24) is 9.78 Å². The highest BCUT2D eigenvalue weighted by Gasteiger charge is 2.20. The lowest BCUT2D eigenvalue weighted by Gasteiger charge is -2.21. The highest BCUT2D eigenvalue weighted by atomic mass is 32.2. The van der Waals surface area contributed by atoms with E-state index in [4.69, 9.17) is 5.73 Å². The zero-order valence-electron chi connectivity index (χ0n) is 10.9. The summed E-state index contributed by atoms with van der Waals surface area (Å²) in [4.78, 5) is 0.203. The van der Waals surface area contributed by atoms with Gasteiger partial charge in [0.05, 0.1) is 12.2 Å². The normalized spacial score (nSPS) is 15.1. The number of rotatable bonds is 4. The molecule has 0 bridgehead atoms. The van der Waals surface area contributed by atoms with Crippen molar-refractivity contribution in [2.75, 3.05) is 6.26 Å². The predicted octanol–water partition coefficient (Wildman–Crippen LogP) is 1.22. The van der Waals surface area contributed by atoms with Gasteiger partial charge in [0.1, 0.15) is 4.90 Å². The molecule has 0 radical (unpaired) electrons. The Labute approximate surface area is 113 Å². The maximum atomic E-state index is 11.5. The van der Waals surface area contributed by atoms with E-state index in [1.807, 2.05) is 37.3 Å². The van der Waals surface area contributed by atoms with E-state index in [0.29, 0.717) is 0 Å². The Hall–Kier alpha value is -1.66. The summed E-state index contributed by atoms with van der Waals surface area (Å²) in [7, 11) is -3.25. The molecule has 0 spiro atoms. The summed E-state index contributed by atoms with van der Waals surface area (Å²) in [6.45, 7) is 1.87. The summed E-state index contributed by atoms with van der Waals surface area (Å²) in [5.74, 6) is 0. The van der Waals surface area contributed by atoms with Gasteiger partial charge in [-0.3, -0.25) is 4.68 Å². The van der Waals surface area contributed by atoms with Crippen LogP contribution in [0.1, 0.15) is 18.5 Å². The van der Waals surface area contributed by atoms with Crippen LogP contribution in [0.15, 0.2) is 47.6 Å². The molecule has 0 amide bonds. The third-order valence-corrected chi connectivity index (χ3v) is 4.00. The van der Waals surface area contributed by atoms with E-state index in [2.05, 4.69) is 5.10 Å². The zero-order chi connectivity index (χ0) is 14.0. The molecule has 2 rings (SSSR count). The number of nitrogens with two attached hydrogens (primary N) is 1. The molecule has 0 aliphatic rings. The highest BCUT2D eigenvalue weighted by molar-refractivity contribution is 7.90. The number of sulfone groups is 1. The minimum atomic E-state index is -3.25. The second-order valence-electron chi connectivity index (χ2n) is 4.64. The second-order valence-corrected chi connectivity index (χ2v) is 6.66. The number of aromatic nitrogens is 2. The van der Waals surface area contributed by atoms with Gasteiger partial charge in [-0.2, -0.15) is 5.10 Å². The Morgan fingerprint density at radius 1 is 1.26 bits per heavy atom. The first-order valence-electron chi connectivity index (χ1n) is 5.94. The number of hydrogen-bond acceptors (Lipinski definition) is 4. The first kappa shape index (κ1) is 13.8. The fraction of sp³-hybridized carbons (Fsp3) is 0.308. The monoisotopic (exact) mass is 279 g/mol. The van der Waals surface area contributed by atoms with Crippen molar-refractivity contribution in [2.24, 2.45) is 5.73 Å². The molecule has 2 aromatic rings. The lowest BCUT2D eigenvalue weighted by molar-refractivity contribution is 0.453. The van der Waals surface area contributed by atoms with Gasteiger partial charge in [-0.05, 0) is 12.5 Å². The maximum absolute atomic E-state index is 11.5. The third-order valence-electron chi connectivity index (χ3n) is 2.93. The Morgan fingerprint density at radius 3 is 2.37 bits per heavy atom. The zero-order valence-corrected chi connectivity index (χ0v) is 11.7. The van der Waals surface area contributed by atoms with Crippen LogP contribution in [0.5, 0.6) is 0 Å². The van der Waals surface area contributed by atoms with E-state index in [1.165, 1.54) is 12.4 Å². The molecular weight excluding hydrogens is 262 g/mol. The molecule has 19 heavy (non-hydrogen) atoms. The van der Waals surface area contributed by atoms with E-state index in [9.17, 15) is 8.42 Å². The quantitative estimate of drug-likeness (QED) is 0.913. The standard InChI is InChI=1S/C13H17N3O2S/c1-10(14)13(11-6-4-3-5-7-11)16-9-12(8-15-16)19(2,17)18/h3-10,13H,14H2,1-2H3. The molecule has 2 N–H and O–H groups in total. The maximum Gasteiger partial charge on any atom is 0.178 e. The van der Waals surface area contributed by atoms with Crippen LogP contribution < -0.4 is 5.73 Å². The number of nitrogens with zero attached hydrogens (tertiary/aromatic N) is 2. The van der Waals surface area contributed by atoms with Crippen LogP contribution in [-0.4, -0.2) is 30.5 Å². The molecule has 2 unspecified atom stereocenters. The van der Waals surface area contributed by atoms with Gasteiger partial charge in [-0.15, -0.1) is 0 Å². The number of benzene rings is 1. The third kappa shape index (κ3) is 3.02. The predicted molar refractivity (Wildman–Crippen MR) is 73.6 cm³/mol. The van der Waals surface area contributed by atoms with Crippen molar-refractivity contribution in [3.63, 3.8) is 0 Å². The largest absolute Gasteiger partial charge is 0.326 e. The van der Waals surface area contributed by atoms with Gasteiger partial charge >= 0.3 is 0 Å². The van der Waals surface area contributed by atoms with Crippen LogP contribution in [0.3, 0.4) is 0 Å². The lowest BCUT2D eigenvalue weighted by atomic mass is 10.0. The smallest absolute Gasteiger partial charge is 0.178 e. The summed E-state index contributed by atoms with van der Waals surface area (Å²) in [6, 6.07) is 9.31. The average molecular weight is 279 g/mol. The Balaban J connectivity index is 2.44. The minimum absolute atomic E-state index is 0.184. The topological polar surface area (TPSA) is 78.0 Å². The molecular formula is C13H17N3O2S. The van der Waals surface area contributed by atoms with Crippen LogP contribution in [0.25, 0.3) is 0 Å². The average Bonchev–Trinajstić information content (AvgIpc) is 2.79. The molecule has 0 aliphatic heterocycles. The van der Waals surface area contributed by atoms with Crippen LogP contribution >= 0.6 is 0 Å². The minimum Gasteiger partial charge on any atom is -0.326 e. The summed E-state index contributed by atoms with van der Waals surface area (Å²) < 4.78 is 24.6. The summed E-state index contributed by atoms with van der Waals surface area (Å²) in [5.41, 5.74) is 7.01. The fourth-order valence-electron chi connectivity index (χ4n) is 2.01. The van der Waals surface area contributed by atoms with Crippen molar-refractivity contribution < 1.29 is 8.42 Å². The number of hydrogen-bond donors (Lipinski definition) is 1. The molecule has 2 atom stereocenters. The van der Waals surface area contributed by atoms with Crippen LogP contribution in [-0.2, 0) is 9.84 Å². The summed E-state index contributed by atoms with van der Waals surface area (Å²) >= 11 is 0. The molecule has 0 aliphatic carbocycles. The first-order chi connectivity index (χ1) is 8.89.